The van der Waals surface area contributed by atoms with E-state index in [4.69, 9.17) is 0 Å². The molecule has 2 aliphatic heterocycles. The Balaban J connectivity index is 1.63. The van der Waals surface area contributed by atoms with Crippen molar-refractivity contribution in [2.24, 2.45) is 11.8 Å². The van der Waals surface area contributed by atoms with Gasteiger partial charge in [-0.3, -0.25) is 0 Å². The van der Waals surface area contributed by atoms with Crippen LogP contribution in [0.2, 0.25) is 0 Å². The van der Waals surface area contributed by atoms with Gasteiger partial charge in [-0.25, -0.2) is 9.97 Å². The average molecular weight is 348 g/mol. The first-order valence-electron chi connectivity index (χ1n) is 9.78. The minimum absolute atomic E-state index is 0.265. The first kappa shape index (κ1) is 18.5. The lowest BCUT2D eigenvalue weighted by Crippen LogP contribution is -2.48. The molecule has 1 N–H and O–H groups in total. The molecular formula is C19H33N5O. The quantitative estimate of drug-likeness (QED) is 0.830. The highest BCUT2D eigenvalue weighted by Crippen LogP contribution is 2.28. The number of likely N-dealkylation sites (N-methyl/N-ethyl adjacent to an activating group) is 1. The maximum atomic E-state index is 9.88. The molecule has 0 amide bonds. The lowest BCUT2D eigenvalue weighted by atomic mass is 9.96. The highest BCUT2D eigenvalue weighted by molar-refractivity contribution is 5.41. The molecule has 1 aromatic rings. The minimum Gasteiger partial charge on any atom is -0.396 e. The van der Waals surface area contributed by atoms with Crippen LogP contribution in [0, 0.1) is 18.8 Å². The second-order valence-electron chi connectivity index (χ2n) is 7.46. The van der Waals surface area contributed by atoms with Crippen LogP contribution in [0.3, 0.4) is 0 Å². The maximum Gasteiger partial charge on any atom is 0.132 e. The van der Waals surface area contributed by atoms with Gasteiger partial charge < -0.3 is 19.8 Å². The summed E-state index contributed by atoms with van der Waals surface area (Å²) in [4.78, 5) is 16.6. The van der Waals surface area contributed by atoms with Gasteiger partial charge in [0, 0.05) is 70.1 Å². The molecule has 3 rings (SSSR count). The summed E-state index contributed by atoms with van der Waals surface area (Å²) < 4.78 is 0. The van der Waals surface area contributed by atoms with Crippen LogP contribution in [0.15, 0.2) is 6.07 Å². The standard InChI is InChI=1S/C19H33N5O/c1-4-18-10-19(21-15(3)20-18)24-12-16(17(13-24)14-25)11-23-8-6-22(5-2)7-9-23/h10,16-17,25H,4-9,11-14H2,1-3H3/t16-,17-/m1/s1. The molecule has 1 aromatic heterocycles. The molecule has 0 saturated carbocycles. The number of aliphatic hydroxyl groups excluding tert-OH is 1. The summed E-state index contributed by atoms with van der Waals surface area (Å²) in [5.41, 5.74) is 1.10. The fraction of sp³-hybridized carbons (Fsp3) is 0.789. The normalized spacial score (nSPS) is 25.7. The molecule has 0 aromatic carbocycles. The number of aryl methyl sites for hydroxylation is 2. The highest BCUT2D eigenvalue weighted by atomic mass is 16.3. The molecular weight excluding hydrogens is 314 g/mol. The fourth-order valence-electron chi connectivity index (χ4n) is 4.11. The molecule has 0 unspecified atom stereocenters. The van der Waals surface area contributed by atoms with Gasteiger partial charge in [-0.1, -0.05) is 13.8 Å². The number of rotatable bonds is 6. The zero-order chi connectivity index (χ0) is 17.8. The first-order valence-corrected chi connectivity index (χ1v) is 9.78. The summed E-state index contributed by atoms with van der Waals surface area (Å²) in [6.45, 7) is 15.3. The minimum atomic E-state index is 0.265. The van der Waals surface area contributed by atoms with E-state index in [-0.39, 0.29) is 6.61 Å². The van der Waals surface area contributed by atoms with Gasteiger partial charge in [0.1, 0.15) is 11.6 Å². The number of anilines is 1. The zero-order valence-corrected chi connectivity index (χ0v) is 16.0. The summed E-state index contributed by atoms with van der Waals surface area (Å²) in [6, 6.07) is 2.11. The molecule has 3 heterocycles. The number of hydrogen-bond acceptors (Lipinski definition) is 6. The van der Waals surface area contributed by atoms with Crippen molar-refractivity contribution in [3.05, 3.63) is 17.6 Å². The summed E-state index contributed by atoms with van der Waals surface area (Å²) >= 11 is 0. The number of nitrogens with zero attached hydrogens (tertiary/aromatic N) is 5. The Labute approximate surface area is 151 Å². The van der Waals surface area contributed by atoms with Crippen molar-refractivity contribution in [1.82, 2.24) is 19.8 Å². The molecule has 140 valence electrons. The van der Waals surface area contributed by atoms with Gasteiger partial charge in [0.15, 0.2) is 0 Å². The van der Waals surface area contributed by atoms with Crippen LogP contribution < -0.4 is 4.90 Å². The molecule has 0 spiro atoms. The molecule has 6 nitrogen and oxygen atoms in total. The Morgan fingerprint density at radius 2 is 1.72 bits per heavy atom. The second kappa shape index (κ2) is 8.43. The Kier molecular flexibility index (Phi) is 6.25. The number of piperazine rings is 1. The van der Waals surface area contributed by atoms with E-state index in [9.17, 15) is 5.11 Å². The Morgan fingerprint density at radius 1 is 1.04 bits per heavy atom. The number of hydrogen-bond donors (Lipinski definition) is 1. The average Bonchev–Trinajstić information content (AvgIpc) is 3.04. The van der Waals surface area contributed by atoms with E-state index in [1.807, 2.05) is 6.92 Å². The van der Waals surface area contributed by atoms with Crippen LogP contribution in [-0.2, 0) is 6.42 Å². The van der Waals surface area contributed by atoms with E-state index in [0.717, 1.165) is 63.0 Å². The molecule has 2 fully saturated rings. The van der Waals surface area contributed by atoms with E-state index in [0.29, 0.717) is 11.8 Å². The summed E-state index contributed by atoms with van der Waals surface area (Å²) in [7, 11) is 0. The number of aliphatic hydroxyl groups is 1. The molecule has 2 aliphatic rings. The van der Waals surface area contributed by atoms with Crippen molar-refractivity contribution in [3.63, 3.8) is 0 Å². The fourth-order valence-corrected chi connectivity index (χ4v) is 4.11. The first-order chi connectivity index (χ1) is 12.1. The summed E-state index contributed by atoms with van der Waals surface area (Å²) in [5.74, 6) is 2.72. The molecule has 0 radical (unpaired) electrons. The Bertz CT molecular complexity index is 559. The lowest BCUT2D eigenvalue weighted by Gasteiger charge is -2.36. The van der Waals surface area contributed by atoms with Crippen molar-refractivity contribution in [3.8, 4) is 0 Å². The van der Waals surface area contributed by atoms with Crippen molar-refractivity contribution in [1.29, 1.82) is 0 Å². The lowest BCUT2D eigenvalue weighted by molar-refractivity contribution is 0.106. The van der Waals surface area contributed by atoms with Crippen molar-refractivity contribution in [2.45, 2.75) is 27.2 Å². The number of aromatic nitrogens is 2. The van der Waals surface area contributed by atoms with Crippen LogP contribution >= 0.6 is 0 Å². The molecule has 25 heavy (non-hydrogen) atoms. The monoisotopic (exact) mass is 347 g/mol. The Morgan fingerprint density at radius 3 is 2.36 bits per heavy atom. The van der Waals surface area contributed by atoms with Crippen molar-refractivity contribution < 1.29 is 5.11 Å². The molecule has 0 bridgehead atoms. The summed E-state index contributed by atoms with van der Waals surface area (Å²) in [5, 5.41) is 9.88. The molecule has 6 heteroatoms. The van der Waals surface area contributed by atoms with E-state index >= 15 is 0 Å². The smallest absolute Gasteiger partial charge is 0.132 e. The van der Waals surface area contributed by atoms with Crippen molar-refractivity contribution >= 4 is 5.82 Å². The topological polar surface area (TPSA) is 55.7 Å². The van der Waals surface area contributed by atoms with Crippen LogP contribution in [-0.4, -0.2) is 83.8 Å². The van der Waals surface area contributed by atoms with E-state index < -0.39 is 0 Å². The van der Waals surface area contributed by atoms with Crippen molar-refractivity contribution in [2.75, 3.05) is 63.9 Å². The van der Waals surface area contributed by atoms with Gasteiger partial charge in [0.25, 0.3) is 0 Å². The predicted molar refractivity (Wildman–Crippen MR) is 101 cm³/mol. The molecule has 2 saturated heterocycles. The predicted octanol–water partition coefficient (Wildman–Crippen LogP) is 1.03. The summed E-state index contributed by atoms with van der Waals surface area (Å²) in [6.07, 6.45) is 0.929. The zero-order valence-electron chi connectivity index (χ0n) is 16.0. The van der Waals surface area contributed by atoms with Gasteiger partial charge in [0.2, 0.25) is 0 Å². The van der Waals surface area contributed by atoms with Gasteiger partial charge >= 0.3 is 0 Å². The van der Waals surface area contributed by atoms with E-state index in [1.54, 1.807) is 0 Å². The third-order valence-corrected chi connectivity index (χ3v) is 5.78. The van der Waals surface area contributed by atoms with Crippen LogP contribution in [0.25, 0.3) is 0 Å². The third-order valence-electron chi connectivity index (χ3n) is 5.78. The largest absolute Gasteiger partial charge is 0.396 e. The SMILES string of the molecule is CCc1cc(N2C[C@@H](CN3CCN(CC)CC3)[C@@H](CO)C2)nc(C)n1. The molecule has 2 atom stereocenters. The van der Waals surface area contributed by atoms with Crippen LogP contribution in [0.1, 0.15) is 25.4 Å². The van der Waals surface area contributed by atoms with Gasteiger partial charge in [-0.2, -0.15) is 0 Å². The van der Waals surface area contributed by atoms with Gasteiger partial charge in [0.05, 0.1) is 0 Å². The molecule has 0 aliphatic carbocycles. The second-order valence-corrected chi connectivity index (χ2v) is 7.46. The third kappa shape index (κ3) is 4.49. The van der Waals surface area contributed by atoms with E-state index in [2.05, 4.69) is 44.6 Å². The Hall–Kier alpha value is -1.24. The van der Waals surface area contributed by atoms with E-state index in [1.165, 1.54) is 13.1 Å². The maximum absolute atomic E-state index is 9.88. The van der Waals surface area contributed by atoms with Gasteiger partial charge in [-0.15, -0.1) is 0 Å². The highest BCUT2D eigenvalue weighted by Gasteiger charge is 2.34. The van der Waals surface area contributed by atoms with Gasteiger partial charge in [-0.05, 0) is 25.8 Å². The van der Waals surface area contributed by atoms with Crippen LogP contribution in [0.4, 0.5) is 5.82 Å². The van der Waals surface area contributed by atoms with Crippen LogP contribution in [0.5, 0.6) is 0 Å².